The first-order valence-electron chi connectivity index (χ1n) is 6.89. The molecule has 3 heterocycles. The number of cyclic esters (lactones) is 1. The van der Waals surface area contributed by atoms with E-state index >= 15 is 0 Å². The predicted molar refractivity (Wildman–Crippen MR) is 82.9 cm³/mol. The third kappa shape index (κ3) is 3.43. The van der Waals surface area contributed by atoms with Crippen LogP contribution in [0, 0.1) is 0 Å². The number of nitrogens with zero attached hydrogens (tertiary/aromatic N) is 2. The van der Waals surface area contributed by atoms with Gasteiger partial charge < -0.3 is 10.1 Å². The molecule has 1 N–H and O–H groups in total. The highest BCUT2D eigenvalue weighted by atomic mass is 32.1. The quantitative estimate of drug-likeness (QED) is 0.913. The van der Waals surface area contributed by atoms with Crippen LogP contribution in [0.2, 0.25) is 0 Å². The number of rotatable bonds is 5. The van der Waals surface area contributed by atoms with E-state index in [1.165, 1.54) is 11.3 Å². The third-order valence-corrected chi connectivity index (χ3v) is 4.15. The lowest BCUT2D eigenvalue weighted by Crippen LogP contribution is -2.35. The Balaban J connectivity index is 1.48. The van der Waals surface area contributed by atoms with E-state index < -0.39 is 0 Å². The van der Waals surface area contributed by atoms with Crippen molar-refractivity contribution in [2.45, 2.75) is 12.5 Å². The van der Waals surface area contributed by atoms with E-state index in [9.17, 15) is 9.59 Å². The average Bonchev–Trinajstić information content (AvgIpc) is 3.15. The van der Waals surface area contributed by atoms with Crippen molar-refractivity contribution in [3.63, 3.8) is 0 Å². The van der Waals surface area contributed by atoms with E-state index in [-0.39, 0.29) is 24.5 Å². The molecule has 1 fully saturated rings. The van der Waals surface area contributed by atoms with E-state index in [1.54, 1.807) is 23.4 Å². The number of thiophene rings is 1. The molecule has 0 saturated carbocycles. The summed E-state index contributed by atoms with van der Waals surface area (Å²) in [5.74, 6) is -0.112. The van der Waals surface area contributed by atoms with Gasteiger partial charge in [0.15, 0.2) is 0 Å². The number of nitrogens with one attached hydrogen (secondary N) is 1. The van der Waals surface area contributed by atoms with Crippen LogP contribution in [0.5, 0.6) is 0 Å². The zero-order valence-corrected chi connectivity index (χ0v) is 12.6. The molecule has 1 atom stereocenters. The van der Waals surface area contributed by atoms with Crippen molar-refractivity contribution >= 4 is 28.3 Å². The second-order valence-corrected chi connectivity index (χ2v) is 5.84. The van der Waals surface area contributed by atoms with Gasteiger partial charge in [-0.15, -0.1) is 11.3 Å². The largest absolute Gasteiger partial charge is 0.442 e. The van der Waals surface area contributed by atoms with Crippen LogP contribution in [0.4, 0.5) is 9.80 Å². The molecule has 3 rings (SSSR count). The first-order valence-corrected chi connectivity index (χ1v) is 7.77. The van der Waals surface area contributed by atoms with E-state index in [0.717, 1.165) is 10.6 Å². The Morgan fingerprint density at radius 3 is 3.09 bits per heavy atom. The Hall–Kier alpha value is -2.41. The molecule has 0 radical (unpaired) electrons. The molecule has 0 aliphatic carbocycles. The molecule has 7 heteroatoms. The maximum atomic E-state index is 11.9. The second-order valence-electron chi connectivity index (χ2n) is 4.91. The summed E-state index contributed by atoms with van der Waals surface area (Å²) in [6.07, 6.45) is 2.90. The van der Waals surface area contributed by atoms with Gasteiger partial charge in [0.25, 0.3) is 0 Å². The molecular weight excluding hydrogens is 302 g/mol. The van der Waals surface area contributed by atoms with Gasteiger partial charge in [0.2, 0.25) is 5.91 Å². The number of pyridine rings is 1. The minimum atomic E-state index is -0.367. The van der Waals surface area contributed by atoms with Gasteiger partial charge in [-0.1, -0.05) is 6.07 Å². The molecule has 0 aromatic carbocycles. The van der Waals surface area contributed by atoms with E-state index in [2.05, 4.69) is 10.3 Å². The molecule has 2 aromatic heterocycles. The van der Waals surface area contributed by atoms with Crippen LogP contribution in [0.1, 0.15) is 5.56 Å². The average molecular weight is 317 g/mol. The summed E-state index contributed by atoms with van der Waals surface area (Å²) in [5, 5.41) is 5.56. The first-order chi connectivity index (χ1) is 10.7. The topological polar surface area (TPSA) is 71.5 Å². The van der Waals surface area contributed by atoms with Gasteiger partial charge >= 0.3 is 6.09 Å². The highest BCUT2D eigenvalue weighted by Crippen LogP contribution is 2.25. The van der Waals surface area contributed by atoms with Crippen molar-refractivity contribution < 1.29 is 14.3 Å². The standard InChI is InChI=1S/C15H15N3O3S/c19-13(7-11-3-1-5-16-8-11)17-9-12-10-18(15(20)21-12)14-4-2-6-22-14/h1-6,8,12H,7,9-10H2,(H,17,19). The summed E-state index contributed by atoms with van der Waals surface area (Å²) in [7, 11) is 0. The van der Waals surface area contributed by atoms with Crippen LogP contribution >= 0.6 is 11.3 Å². The van der Waals surface area contributed by atoms with E-state index in [1.807, 2.05) is 23.6 Å². The van der Waals surface area contributed by atoms with Crippen molar-refractivity contribution in [1.29, 1.82) is 0 Å². The summed E-state index contributed by atoms with van der Waals surface area (Å²) in [6.45, 7) is 0.763. The van der Waals surface area contributed by atoms with Crippen LogP contribution in [0.3, 0.4) is 0 Å². The Morgan fingerprint density at radius 1 is 1.45 bits per heavy atom. The summed E-state index contributed by atoms with van der Waals surface area (Å²) >= 11 is 1.48. The fraction of sp³-hybridized carbons (Fsp3) is 0.267. The van der Waals surface area contributed by atoms with Crippen molar-refractivity contribution in [2.24, 2.45) is 0 Å². The smallest absolute Gasteiger partial charge is 0.415 e. The third-order valence-electron chi connectivity index (χ3n) is 3.26. The number of amides is 2. The fourth-order valence-electron chi connectivity index (χ4n) is 2.21. The molecule has 22 heavy (non-hydrogen) atoms. The number of anilines is 1. The zero-order valence-electron chi connectivity index (χ0n) is 11.8. The van der Waals surface area contributed by atoms with Gasteiger partial charge in [-0.25, -0.2) is 4.79 Å². The normalized spacial score (nSPS) is 17.4. The van der Waals surface area contributed by atoms with E-state index in [0.29, 0.717) is 13.1 Å². The number of hydrogen-bond acceptors (Lipinski definition) is 5. The predicted octanol–water partition coefficient (Wildman–Crippen LogP) is 1.83. The molecule has 1 aliphatic heterocycles. The molecule has 1 unspecified atom stereocenters. The molecule has 0 spiro atoms. The molecule has 1 aliphatic rings. The van der Waals surface area contributed by atoms with Gasteiger partial charge in [-0.2, -0.15) is 0 Å². The van der Waals surface area contributed by atoms with Crippen molar-refractivity contribution in [1.82, 2.24) is 10.3 Å². The number of aromatic nitrogens is 1. The van der Waals surface area contributed by atoms with Crippen LogP contribution in [0.25, 0.3) is 0 Å². The number of carbonyl (C=O) groups excluding carboxylic acids is 2. The lowest BCUT2D eigenvalue weighted by atomic mass is 10.2. The van der Waals surface area contributed by atoms with Gasteiger partial charge in [0.1, 0.15) is 11.1 Å². The SMILES string of the molecule is O=C(Cc1cccnc1)NCC1CN(c2cccs2)C(=O)O1. The molecule has 114 valence electrons. The number of ether oxygens (including phenoxy) is 1. The van der Waals surface area contributed by atoms with Crippen LogP contribution in [-0.2, 0) is 16.0 Å². The zero-order chi connectivity index (χ0) is 15.4. The Kier molecular flexibility index (Phi) is 4.34. The van der Waals surface area contributed by atoms with Gasteiger partial charge in [0.05, 0.1) is 19.5 Å². The molecular formula is C15H15N3O3S. The van der Waals surface area contributed by atoms with Crippen LogP contribution in [-0.4, -0.2) is 36.2 Å². The molecule has 2 amide bonds. The molecule has 6 nitrogen and oxygen atoms in total. The monoisotopic (exact) mass is 317 g/mol. The number of hydrogen-bond donors (Lipinski definition) is 1. The lowest BCUT2D eigenvalue weighted by molar-refractivity contribution is -0.120. The van der Waals surface area contributed by atoms with Crippen molar-refractivity contribution in [2.75, 3.05) is 18.0 Å². The van der Waals surface area contributed by atoms with Crippen LogP contribution < -0.4 is 10.2 Å². The Labute approximate surface area is 131 Å². The van der Waals surface area contributed by atoms with Crippen LogP contribution in [0.15, 0.2) is 42.0 Å². The summed E-state index contributed by atoms with van der Waals surface area (Å²) in [6, 6.07) is 7.40. The minimum Gasteiger partial charge on any atom is -0.442 e. The first kappa shape index (κ1) is 14.5. The molecule has 0 bridgehead atoms. The Bertz CT molecular complexity index is 645. The minimum absolute atomic E-state index is 0.112. The Morgan fingerprint density at radius 2 is 2.36 bits per heavy atom. The van der Waals surface area contributed by atoms with Crippen molar-refractivity contribution in [3.05, 3.63) is 47.6 Å². The second kappa shape index (κ2) is 6.57. The summed E-state index contributed by atoms with van der Waals surface area (Å²) < 4.78 is 5.26. The highest BCUT2D eigenvalue weighted by molar-refractivity contribution is 7.14. The highest BCUT2D eigenvalue weighted by Gasteiger charge is 2.32. The number of carbonyl (C=O) groups is 2. The maximum absolute atomic E-state index is 11.9. The van der Waals surface area contributed by atoms with Gasteiger partial charge in [-0.05, 0) is 29.1 Å². The van der Waals surface area contributed by atoms with Crippen molar-refractivity contribution in [3.8, 4) is 0 Å². The molecule has 1 saturated heterocycles. The molecule has 2 aromatic rings. The van der Waals surface area contributed by atoms with E-state index in [4.69, 9.17) is 4.74 Å². The maximum Gasteiger partial charge on any atom is 0.415 e. The fourth-order valence-corrected chi connectivity index (χ4v) is 2.94. The summed E-state index contributed by atoms with van der Waals surface area (Å²) in [4.78, 5) is 29.2. The van der Waals surface area contributed by atoms with Gasteiger partial charge in [0, 0.05) is 12.4 Å². The summed E-state index contributed by atoms with van der Waals surface area (Å²) in [5.41, 5.74) is 0.851. The lowest BCUT2D eigenvalue weighted by Gasteiger charge is -2.10. The van der Waals surface area contributed by atoms with Gasteiger partial charge in [-0.3, -0.25) is 14.7 Å².